The SMILES string of the molecule is CNCCOc1ccc2ncnc(Nc3ccc(OCc4ccccn4)c(C)c3)c2c1. The van der Waals surface area contributed by atoms with Gasteiger partial charge in [-0.2, -0.15) is 0 Å². The van der Waals surface area contributed by atoms with Crippen molar-refractivity contribution in [2.24, 2.45) is 0 Å². The summed E-state index contributed by atoms with van der Waals surface area (Å²) in [7, 11) is 1.90. The Labute approximate surface area is 181 Å². The molecule has 0 spiro atoms. The lowest BCUT2D eigenvalue weighted by molar-refractivity contribution is 0.299. The van der Waals surface area contributed by atoms with Gasteiger partial charge in [0.05, 0.1) is 11.2 Å². The van der Waals surface area contributed by atoms with Crippen LogP contribution in [0.1, 0.15) is 11.3 Å². The van der Waals surface area contributed by atoms with Crippen molar-refractivity contribution in [3.8, 4) is 11.5 Å². The molecule has 2 aromatic heterocycles. The topological polar surface area (TPSA) is 81.2 Å². The highest BCUT2D eigenvalue weighted by Gasteiger charge is 2.08. The predicted molar refractivity (Wildman–Crippen MR) is 122 cm³/mol. The van der Waals surface area contributed by atoms with E-state index in [0.717, 1.165) is 51.7 Å². The van der Waals surface area contributed by atoms with Crippen LogP contribution in [-0.4, -0.2) is 35.2 Å². The van der Waals surface area contributed by atoms with Crippen molar-refractivity contribution in [1.82, 2.24) is 20.3 Å². The molecule has 0 amide bonds. The lowest BCUT2D eigenvalue weighted by Crippen LogP contribution is -2.15. The maximum absolute atomic E-state index is 5.92. The highest BCUT2D eigenvalue weighted by Crippen LogP contribution is 2.29. The van der Waals surface area contributed by atoms with Gasteiger partial charge in [-0.1, -0.05) is 6.07 Å². The highest BCUT2D eigenvalue weighted by molar-refractivity contribution is 5.91. The van der Waals surface area contributed by atoms with E-state index >= 15 is 0 Å². The average Bonchev–Trinajstić information content (AvgIpc) is 2.80. The quantitative estimate of drug-likeness (QED) is 0.396. The van der Waals surface area contributed by atoms with Crippen LogP contribution in [0.2, 0.25) is 0 Å². The largest absolute Gasteiger partial charge is 0.492 e. The number of aromatic nitrogens is 3. The fourth-order valence-corrected chi connectivity index (χ4v) is 3.16. The number of likely N-dealkylation sites (N-methyl/N-ethyl adjacent to an activating group) is 1. The van der Waals surface area contributed by atoms with E-state index in [4.69, 9.17) is 9.47 Å². The summed E-state index contributed by atoms with van der Waals surface area (Å²) in [5, 5.41) is 7.37. The summed E-state index contributed by atoms with van der Waals surface area (Å²) < 4.78 is 11.7. The molecule has 7 heteroatoms. The van der Waals surface area contributed by atoms with Gasteiger partial charge in [-0.15, -0.1) is 0 Å². The molecule has 0 aliphatic carbocycles. The minimum atomic E-state index is 0.432. The van der Waals surface area contributed by atoms with E-state index in [9.17, 15) is 0 Å². The second-order valence-electron chi connectivity index (χ2n) is 7.07. The predicted octanol–water partition coefficient (Wildman–Crippen LogP) is 4.25. The molecular formula is C24H25N5O2. The molecule has 2 N–H and O–H groups in total. The third-order valence-electron chi connectivity index (χ3n) is 4.77. The second kappa shape index (κ2) is 9.86. The molecule has 0 unspecified atom stereocenters. The fraction of sp³-hybridized carbons (Fsp3) is 0.208. The number of anilines is 2. The molecule has 0 radical (unpaired) electrons. The van der Waals surface area contributed by atoms with Crippen molar-refractivity contribution in [3.63, 3.8) is 0 Å². The number of aryl methyl sites for hydroxylation is 1. The first-order valence-corrected chi connectivity index (χ1v) is 10.2. The summed E-state index contributed by atoms with van der Waals surface area (Å²) >= 11 is 0. The smallest absolute Gasteiger partial charge is 0.141 e. The van der Waals surface area contributed by atoms with Gasteiger partial charge < -0.3 is 20.1 Å². The lowest BCUT2D eigenvalue weighted by atomic mass is 10.2. The molecule has 2 heterocycles. The normalized spacial score (nSPS) is 10.8. The Kier molecular flexibility index (Phi) is 6.54. The van der Waals surface area contributed by atoms with Crippen LogP contribution in [0.25, 0.3) is 10.9 Å². The van der Waals surface area contributed by atoms with Gasteiger partial charge >= 0.3 is 0 Å². The highest BCUT2D eigenvalue weighted by atomic mass is 16.5. The summed E-state index contributed by atoms with van der Waals surface area (Å²) in [6, 6.07) is 17.6. The van der Waals surface area contributed by atoms with Gasteiger partial charge in [-0.3, -0.25) is 4.98 Å². The van der Waals surface area contributed by atoms with E-state index in [0.29, 0.717) is 13.2 Å². The minimum Gasteiger partial charge on any atom is -0.492 e. The Morgan fingerprint density at radius 1 is 0.935 bits per heavy atom. The number of fused-ring (bicyclic) bond motifs is 1. The first-order valence-electron chi connectivity index (χ1n) is 10.2. The third-order valence-corrected chi connectivity index (χ3v) is 4.77. The molecule has 0 saturated heterocycles. The van der Waals surface area contributed by atoms with E-state index in [1.807, 2.05) is 68.6 Å². The number of hydrogen-bond acceptors (Lipinski definition) is 7. The average molecular weight is 415 g/mol. The number of nitrogens with one attached hydrogen (secondary N) is 2. The summed E-state index contributed by atoms with van der Waals surface area (Å²) in [4.78, 5) is 13.1. The van der Waals surface area contributed by atoms with E-state index in [-0.39, 0.29) is 0 Å². The fourth-order valence-electron chi connectivity index (χ4n) is 3.16. The Morgan fingerprint density at radius 3 is 2.68 bits per heavy atom. The summed E-state index contributed by atoms with van der Waals surface area (Å²) in [6.45, 7) is 3.83. The molecule has 158 valence electrons. The molecule has 0 fully saturated rings. The molecule has 7 nitrogen and oxygen atoms in total. The molecule has 0 atom stereocenters. The van der Waals surface area contributed by atoms with Crippen molar-refractivity contribution in [2.75, 3.05) is 25.5 Å². The molecule has 4 aromatic rings. The van der Waals surface area contributed by atoms with Crippen molar-refractivity contribution in [1.29, 1.82) is 0 Å². The third kappa shape index (κ3) is 5.26. The van der Waals surface area contributed by atoms with Crippen molar-refractivity contribution >= 4 is 22.4 Å². The van der Waals surface area contributed by atoms with Gasteiger partial charge in [-0.05, 0) is 68.1 Å². The van der Waals surface area contributed by atoms with Crippen molar-refractivity contribution < 1.29 is 9.47 Å². The summed E-state index contributed by atoms with van der Waals surface area (Å²) in [5.74, 6) is 2.34. The van der Waals surface area contributed by atoms with Crippen LogP contribution in [0.15, 0.2) is 67.1 Å². The van der Waals surface area contributed by atoms with E-state index < -0.39 is 0 Å². The Bertz CT molecular complexity index is 1150. The maximum Gasteiger partial charge on any atom is 0.141 e. The molecule has 0 aliphatic rings. The van der Waals surface area contributed by atoms with E-state index in [1.54, 1.807) is 12.5 Å². The molecule has 0 aliphatic heterocycles. The Morgan fingerprint density at radius 2 is 1.87 bits per heavy atom. The summed E-state index contributed by atoms with van der Waals surface area (Å²) in [6.07, 6.45) is 3.32. The van der Waals surface area contributed by atoms with E-state index in [1.165, 1.54) is 0 Å². The number of pyridine rings is 1. The Hall–Kier alpha value is -3.71. The van der Waals surface area contributed by atoms with Crippen LogP contribution in [0, 0.1) is 6.92 Å². The molecular weight excluding hydrogens is 390 g/mol. The van der Waals surface area contributed by atoms with Crippen LogP contribution in [-0.2, 0) is 6.61 Å². The monoisotopic (exact) mass is 415 g/mol. The van der Waals surface area contributed by atoms with Crippen molar-refractivity contribution in [2.45, 2.75) is 13.5 Å². The van der Waals surface area contributed by atoms with Crippen LogP contribution in [0.3, 0.4) is 0 Å². The first-order chi connectivity index (χ1) is 15.2. The van der Waals surface area contributed by atoms with Crippen LogP contribution in [0.5, 0.6) is 11.5 Å². The van der Waals surface area contributed by atoms with E-state index in [2.05, 4.69) is 25.6 Å². The number of hydrogen-bond donors (Lipinski definition) is 2. The number of rotatable bonds is 9. The number of benzene rings is 2. The zero-order chi connectivity index (χ0) is 21.5. The van der Waals surface area contributed by atoms with Gasteiger partial charge in [0.2, 0.25) is 0 Å². The number of ether oxygens (including phenoxy) is 2. The Balaban J connectivity index is 1.50. The molecule has 0 bridgehead atoms. The lowest BCUT2D eigenvalue weighted by Gasteiger charge is -2.13. The summed E-state index contributed by atoms with van der Waals surface area (Å²) in [5.41, 5.74) is 3.69. The van der Waals surface area contributed by atoms with Gasteiger partial charge in [0.1, 0.15) is 36.9 Å². The standard InChI is InChI=1S/C24H25N5O2/c1-17-13-18(6-9-23(17)31-15-19-5-3-4-10-26-19)29-24-21-14-20(30-12-11-25-2)7-8-22(21)27-16-28-24/h3-10,13-14,16,25H,11-12,15H2,1-2H3,(H,27,28,29). The molecule has 31 heavy (non-hydrogen) atoms. The van der Waals surface area contributed by atoms with Gasteiger partial charge in [0.15, 0.2) is 0 Å². The maximum atomic E-state index is 5.92. The molecule has 0 saturated carbocycles. The van der Waals surface area contributed by atoms with Crippen LogP contribution in [0.4, 0.5) is 11.5 Å². The zero-order valence-corrected chi connectivity index (χ0v) is 17.6. The van der Waals surface area contributed by atoms with Crippen LogP contribution >= 0.6 is 0 Å². The first kappa shape index (κ1) is 20.6. The molecule has 4 rings (SSSR count). The van der Waals surface area contributed by atoms with Gasteiger partial charge in [0, 0.05) is 23.8 Å². The van der Waals surface area contributed by atoms with Gasteiger partial charge in [0.25, 0.3) is 0 Å². The molecule has 2 aromatic carbocycles. The minimum absolute atomic E-state index is 0.432. The second-order valence-corrected chi connectivity index (χ2v) is 7.07. The van der Waals surface area contributed by atoms with Gasteiger partial charge in [-0.25, -0.2) is 9.97 Å². The zero-order valence-electron chi connectivity index (χ0n) is 17.6. The van der Waals surface area contributed by atoms with Crippen molar-refractivity contribution in [3.05, 3.63) is 78.4 Å². The van der Waals surface area contributed by atoms with Crippen LogP contribution < -0.4 is 20.1 Å². The number of nitrogens with zero attached hydrogens (tertiary/aromatic N) is 3.